The summed E-state index contributed by atoms with van der Waals surface area (Å²) in [7, 11) is 0. The molecule has 0 aliphatic heterocycles. The third-order valence-electron chi connectivity index (χ3n) is 2.33. The standard InChI is InChI=1S/C13H15F2NO3/c1-3-6-19-13(18)8(2)16-12(17)10-5-4-9(14)7-11(10)15/h4-5,7-8H,3,6H2,1-2H3,(H,16,17). The lowest BCUT2D eigenvalue weighted by Gasteiger charge is -2.13. The second-order valence-electron chi connectivity index (χ2n) is 3.99. The van der Waals surface area contributed by atoms with Gasteiger partial charge in [-0.2, -0.15) is 0 Å². The van der Waals surface area contributed by atoms with Crippen LogP contribution in [0.15, 0.2) is 18.2 Å². The molecular weight excluding hydrogens is 256 g/mol. The Balaban J connectivity index is 2.66. The second kappa shape index (κ2) is 6.82. The molecule has 0 saturated heterocycles. The monoisotopic (exact) mass is 271 g/mol. The van der Waals surface area contributed by atoms with Crippen molar-refractivity contribution in [2.75, 3.05) is 6.61 Å². The molecule has 1 amide bonds. The number of hydrogen-bond acceptors (Lipinski definition) is 3. The molecule has 1 aromatic rings. The largest absolute Gasteiger partial charge is 0.464 e. The quantitative estimate of drug-likeness (QED) is 0.834. The van der Waals surface area contributed by atoms with Gasteiger partial charge < -0.3 is 10.1 Å². The Morgan fingerprint density at radius 1 is 1.37 bits per heavy atom. The summed E-state index contributed by atoms with van der Waals surface area (Å²) < 4.78 is 30.9. The number of ether oxygens (including phenoxy) is 1. The first kappa shape index (κ1) is 15.1. The Labute approximate surface area is 109 Å². The predicted molar refractivity (Wildman–Crippen MR) is 64.5 cm³/mol. The molecule has 0 fully saturated rings. The van der Waals surface area contributed by atoms with Gasteiger partial charge >= 0.3 is 5.97 Å². The van der Waals surface area contributed by atoms with E-state index in [4.69, 9.17) is 4.74 Å². The van der Waals surface area contributed by atoms with Crippen molar-refractivity contribution in [3.8, 4) is 0 Å². The predicted octanol–water partition coefficient (Wildman–Crippen LogP) is 2.04. The number of esters is 1. The molecule has 4 nitrogen and oxygen atoms in total. The van der Waals surface area contributed by atoms with Crippen molar-refractivity contribution in [1.29, 1.82) is 0 Å². The SMILES string of the molecule is CCCOC(=O)C(C)NC(=O)c1ccc(F)cc1F. The van der Waals surface area contributed by atoms with Crippen LogP contribution in [0.4, 0.5) is 8.78 Å². The lowest BCUT2D eigenvalue weighted by molar-refractivity contribution is -0.145. The van der Waals surface area contributed by atoms with Crippen LogP contribution in [-0.4, -0.2) is 24.5 Å². The smallest absolute Gasteiger partial charge is 0.328 e. The van der Waals surface area contributed by atoms with Gasteiger partial charge in [-0.25, -0.2) is 13.6 Å². The van der Waals surface area contributed by atoms with Crippen molar-refractivity contribution in [1.82, 2.24) is 5.32 Å². The number of halogens is 2. The van der Waals surface area contributed by atoms with E-state index in [1.807, 2.05) is 6.92 Å². The maximum atomic E-state index is 13.3. The summed E-state index contributed by atoms with van der Waals surface area (Å²) in [6.45, 7) is 3.52. The van der Waals surface area contributed by atoms with Crippen LogP contribution in [0, 0.1) is 11.6 Å². The zero-order valence-corrected chi connectivity index (χ0v) is 10.7. The Bertz CT molecular complexity index is 477. The highest BCUT2D eigenvalue weighted by Gasteiger charge is 2.19. The normalized spacial score (nSPS) is 11.8. The van der Waals surface area contributed by atoms with E-state index in [1.165, 1.54) is 6.92 Å². The summed E-state index contributed by atoms with van der Waals surface area (Å²) in [5.74, 6) is -3.15. The third kappa shape index (κ3) is 4.31. The fourth-order valence-electron chi connectivity index (χ4n) is 1.33. The van der Waals surface area contributed by atoms with E-state index in [0.717, 1.165) is 12.1 Å². The maximum Gasteiger partial charge on any atom is 0.328 e. The number of benzene rings is 1. The topological polar surface area (TPSA) is 55.4 Å². The Morgan fingerprint density at radius 2 is 2.05 bits per heavy atom. The van der Waals surface area contributed by atoms with Gasteiger partial charge in [0.25, 0.3) is 5.91 Å². The molecule has 1 N–H and O–H groups in total. The molecule has 0 aromatic heterocycles. The number of rotatable bonds is 5. The summed E-state index contributed by atoms with van der Waals surface area (Å²) in [6.07, 6.45) is 0.666. The van der Waals surface area contributed by atoms with Crippen LogP contribution in [-0.2, 0) is 9.53 Å². The van der Waals surface area contributed by atoms with E-state index < -0.39 is 29.6 Å². The van der Waals surface area contributed by atoms with Crippen molar-refractivity contribution in [2.45, 2.75) is 26.3 Å². The van der Waals surface area contributed by atoms with Crippen LogP contribution in [0.5, 0.6) is 0 Å². The van der Waals surface area contributed by atoms with Gasteiger partial charge in [0.15, 0.2) is 0 Å². The van der Waals surface area contributed by atoms with Gasteiger partial charge in [0.1, 0.15) is 17.7 Å². The molecule has 0 aliphatic carbocycles. The highest BCUT2D eigenvalue weighted by atomic mass is 19.1. The number of nitrogens with one attached hydrogen (secondary N) is 1. The van der Waals surface area contributed by atoms with Crippen LogP contribution in [0.1, 0.15) is 30.6 Å². The van der Waals surface area contributed by atoms with Crippen LogP contribution >= 0.6 is 0 Å². The fraction of sp³-hybridized carbons (Fsp3) is 0.385. The average molecular weight is 271 g/mol. The van der Waals surface area contributed by atoms with E-state index in [0.29, 0.717) is 12.5 Å². The summed E-state index contributed by atoms with van der Waals surface area (Å²) in [5, 5.41) is 2.29. The first-order valence-corrected chi connectivity index (χ1v) is 5.88. The molecule has 104 valence electrons. The molecule has 0 saturated carbocycles. The highest BCUT2D eigenvalue weighted by Crippen LogP contribution is 2.09. The summed E-state index contributed by atoms with van der Waals surface area (Å²) in [5.41, 5.74) is -0.323. The van der Waals surface area contributed by atoms with E-state index in [9.17, 15) is 18.4 Å². The molecule has 1 atom stereocenters. The molecule has 1 rings (SSSR count). The number of carbonyl (C=O) groups is 2. The number of hydrogen-bond donors (Lipinski definition) is 1. The van der Waals surface area contributed by atoms with Crippen LogP contribution in [0.2, 0.25) is 0 Å². The fourth-order valence-corrected chi connectivity index (χ4v) is 1.33. The minimum atomic E-state index is -0.980. The van der Waals surface area contributed by atoms with E-state index in [2.05, 4.69) is 5.32 Å². The summed E-state index contributed by atoms with van der Waals surface area (Å²) in [4.78, 5) is 23.1. The van der Waals surface area contributed by atoms with Crippen LogP contribution in [0.25, 0.3) is 0 Å². The van der Waals surface area contributed by atoms with Gasteiger partial charge in [0.2, 0.25) is 0 Å². The van der Waals surface area contributed by atoms with Gasteiger partial charge in [0.05, 0.1) is 12.2 Å². The molecule has 1 unspecified atom stereocenters. The molecule has 0 aliphatic rings. The molecular formula is C13H15F2NO3. The maximum absolute atomic E-state index is 13.3. The number of amides is 1. The summed E-state index contributed by atoms with van der Waals surface area (Å²) in [6, 6.07) is 1.69. The molecule has 0 bridgehead atoms. The van der Waals surface area contributed by atoms with Gasteiger partial charge in [-0.05, 0) is 25.5 Å². The van der Waals surface area contributed by atoms with Gasteiger partial charge in [0, 0.05) is 6.07 Å². The molecule has 0 heterocycles. The number of carbonyl (C=O) groups excluding carboxylic acids is 2. The Morgan fingerprint density at radius 3 is 2.63 bits per heavy atom. The summed E-state index contributed by atoms with van der Waals surface area (Å²) >= 11 is 0. The van der Waals surface area contributed by atoms with E-state index >= 15 is 0 Å². The van der Waals surface area contributed by atoms with Crippen molar-refractivity contribution in [3.05, 3.63) is 35.4 Å². The zero-order chi connectivity index (χ0) is 14.4. The third-order valence-corrected chi connectivity index (χ3v) is 2.33. The van der Waals surface area contributed by atoms with Crippen LogP contribution in [0.3, 0.4) is 0 Å². The molecule has 6 heteroatoms. The van der Waals surface area contributed by atoms with Crippen molar-refractivity contribution in [3.63, 3.8) is 0 Å². The van der Waals surface area contributed by atoms with Gasteiger partial charge in [-0.1, -0.05) is 6.92 Å². The van der Waals surface area contributed by atoms with E-state index in [1.54, 1.807) is 0 Å². The molecule has 0 radical (unpaired) electrons. The van der Waals surface area contributed by atoms with Crippen molar-refractivity contribution >= 4 is 11.9 Å². The van der Waals surface area contributed by atoms with Gasteiger partial charge in [-0.3, -0.25) is 4.79 Å². The molecule has 19 heavy (non-hydrogen) atoms. The molecule has 1 aromatic carbocycles. The zero-order valence-electron chi connectivity index (χ0n) is 10.7. The lowest BCUT2D eigenvalue weighted by atomic mass is 10.2. The lowest BCUT2D eigenvalue weighted by Crippen LogP contribution is -2.40. The second-order valence-corrected chi connectivity index (χ2v) is 3.99. The molecule has 0 spiro atoms. The Hall–Kier alpha value is -1.98. The minimum Gasteiger partial charge on any atom is -0.464 e. The highest BCUT2D eigenvalue weighted by molar-refractivity contribution is 5.96. The van der Waals surface area contributed by atoms with Crippen LogP contribution < -0.4 is 5.32 Å². The average Bonchev–Trinajstić information content (AvgIpc) is 2.35. The first-order valence-electron chi connectivity index (χ1n) is 5.88. The van der Waals surface area contributed by atoms with Crippen molar-refractivity contribution < 1.29 is 23.1 Å². The van der Waals surface area contributed by atoms with Gasteiger partial charge in [-0.15, -0.1) is 0 Å². The van der Waals surface area contributed by atoms with E-state index in [-0.39, 0.29) is 12.2 Å². The first-order chi connectivity index (χ1) is 8.95. The van der Waals surface area contributed by atoms with Crippen molar-refractivity contribution in [2.24, 2.45) is 0 Å². The Kier molecular flexibility index (Phi) is 5.41. The minimum absolute atomic E-state index is 0.254.